The van der Waals surface area contributed by atoms with E-state index in [1.54, 1.807) is 0 Å². The molecule has 1 aliphatic rings. The molecule has 2 heteroatoms. The minimum Gasteiger partial charge on any atom is -0.327 e. The molecule has 0 heterocycles. The monoisotopic (exact) mass is 273 g/mol. The van der Waals surface area contributed by atoms with Crippen molar-refractivity contribution in [3.8, 4) is 11.1 Å². The minimum absolute atomic E-state index is 0. The van der Waals surface area contributed by atoms with Crippen LogP contribution in [0.4, 0.5) is 0 Å². The van der Waals surface area contributed by atoms with Gasteiger partial charge in [-0.05, 0) is 47.1 Å². The molecule has 0 radical (unpaired) electrons. The second kappa shape index (κ2) is 5.77. The quantitative estimate of drug-likeness (QED) is 0.768. The Morgan fingerprint density at radius 2 is 1.79 bits per heavy atom. The highest BCUT2D eigenvalue weighted by Gasteiger charge is 2.17. The Hall–Kier alpha value is -1.31. The third-order valence-electron chi connectivity index (χ3n) is 3.88. The first-order valence-corrected chi connectivity index (χ1v) is 6.73. The van der Waals surface area contributed by atoms with Gasteiger partial charge in [0, 0.05) is 6.04 Å². The lowest BCUT2D eigenvalue weighted by atomic mass is 9.99. The van der Waals surface area contributed by atoms with Crippen molar-refractivity contribution in [3.05, 3.63) is 59.2 Å². The standard InChI is InChI=1S/C17H19N.ClH/c1-2-15(18)10-12-7-8-17-14(9-12)11-13-5-3-4-6-16(13)17;/h3-9,15H,2,10-11,18H2,1H3;1H. The summed E-state index contributed by atoms with van der Waals surface area (Å²) < 4.78 is 0. The molecule has 0 fully saturated rings. The molecule has 0 aromatic heterocycles. The Kier molecular flexibility index (Phi) is 4.28. The van der Waals surface area contributed by atoms with E-state index in [2.05, 4.69) is 49.4 Å². The first-order chi connectivity index (χ1) is 8.78. The van der Waals surface area contributed by atoms with Gasteiger partial charge in [-0.25, -0.2) is 0 Å². The number of hydrogen-bond donors (Lipinski definition) is 1. The predicted octanol–water partition coefficient (Wildman–Crippen LogP) is 3.96. The Balaban J connectivity index is 0.00000133. The molecule has 19 heavy (non-hydrogen) atoms. The van der Waals surface area contributed by atoms with Gasteiger partial charge in [-0.15, -0.1) is 12.4 Å². The van der Waals surface area contributed by atoms with Crippen LogP contribution in [0.1, 0.15) is 30.0 Å². The van der Waals surface area contributed by atoms with Crippen molar-refractivity contribution < 1.29 is 0 Å². The van der Waals surface area contributed by atoms with E-state index in [1.807, 2.05) is 0 Å². The first-order valence-electron chi connectivity index (χ1n) is 6.73. The van der Waals surface area contributed by atoms with Gasteiger partial charge < -0.3 is 5.73 Å². The number of nitrogens with two attached hydrogens (primary N) is 1. The average molecular weight is 274 g/mol. The molecule has 0 aliphatic heterocycles. The summed E-state index contributed by atoms with van der Waals surface area (Å²) in [6, 6.07) is 15.8. The van der Waals surface area contributed by atoms with Crippen LogP contribution >= 0.6 is 12.4 Å². The van der Waals surface area contributed by atoms with Crippen molar-refractivity contribution in [2.45, 2.75) is 32.2 Å². The van der Waals surface area contributed by atoms with Crippen molar-refractivity contribution in [2.75, 3.05) is 0 Å². The van der Waals surface area contributed by atoms with Crippen LogP contribution in [0.5, 0.6) is 0 Å². The summed E-state index contributed by atoms with van der Waals surface area (Å²) in [5.74, 6) is 0. The molecule has 0 saturated carbocycles. The minimum atomic E-state index is 0. The van der Waals surface area contributed by atoms with Crippen LogP contribution in [-0.4, -0.2) is 6.04 Å². The highest BCUT2D eigenvalue weighted by molar-refractivity contribution is 5.85. The molecule has 0 amide bonds. The first kappa shape index (κ1) is 14.1. The van der Waals surface area contributed by atoms with Gasteiger partial charge in [-0.3, -0.25) is 0 Å². The predicted molar refractivity (Wildman–Crippen MR) is 83.9 cm³/mol. The lowest BCUT2D eigenvalue weighted by Crippen LogP contribution is -2.21. The van der Waals surface area contributed by atoms with Gasteiger partial charge in [0.1, 0.15) is 0 Å². The van der Waals surface area contributed by atoms with Gasteiger partial charge in [0.25, 0.3) is 0 Å². The zero-order valence-electron chi connectivity index (χ0n) is 11.2. The molecule has 2 N–H and O–H groups in total. The maximum Gasteiger partial charge on any atom is 0.00766 e. The fourth-order valence-corrected chi connectivity index (χ4v) is 2.77. The average Bonchev–Trinajstić information content (AvgIpc) is 2.76. The molecule has 1 atom stereocenters. The maximum atomic E-state index is 6.03. The zero-order chi connectivity index (χ0) is 12.5. The van der Waals surface area contributed by atoms with E-state index in [0.717, 1.165) is 19.3 Å². The number of halogens is 1. The maximum absolute atomic E-state index is 6.03. The Morgan fingerprint density at radius 3 is 2.58 bits per heavy atom. The fraction of sp³-hybridized carbons (Fsp3) is 0.294. The smallest absolute Gasteiger partial charge is 0.00766 e. The summed E-state index contributed by atoms with van der Waals surface area (Å²) in [5.41, 5.74) is 13.1. The van der Waals surface area contributed by atoms with Gasteiger partial charge in [0.15, 0.2) is 0 Å². The molecule has 2 aromatic rings. The Morgan fingerprint density at radius 1 is 1.05 bits per heavy atom. The third kappa shape index (κ3) is 2.68. The van der Waals surface area contributed by atoms with Crippen LogP contribution in [-0.2, 0) is 12.8 Å². The summed E-state index contributed by atoms with van der Waals surface area (Å²) in [6.45, 7) is 2.15. The molecule has 1 unspecified atom stereocenters. The highest BCUT2D eigenvalue weighted by atomic mass is 35.5. The van der Waals surface area contributed by atoms with E-state index in [9.17, 15) is 0 Å². The second-order valence-corrected chi connectivity index (χ2v) is 5.20. The number of benzene rings is 2. The topological polar surface area (TPSA) is 26.0 Å². The molecule has 2 aromatic carbocycles. The normalized spacial score (nSPS) is 13.4. The Bertz CT molecular complexity index is 577. The molecule has 1 aliphatic carbocycles. The van der Waals surface area contributed by atoms with Crippen molar-refractivity contribution in [3.63, 3.8) is 0 Å². The van der Waals surface area contributed by atoms with Crippen LogP contribution < -0.4 is 5.73 Å². The molecule has 0 saturated heterocycles. The Labute approximate surface area is 121 Å². The van der Waals surface area contributed by atoms with Crippen LogP contribution in [0.3, 0.4) is 0 Å². The molecular formula is C17H20ClN. The van der Waals surface area contributed by atoms with Crippen LogP contribution in [0, 0.1) is 0 Å². The lowest BCUT2D eigenvalue weighted by Gasteiger charge is -2.10. The van der Waals surface area contributed by atoms with Gasteiger partial charge in [-0.2, -0.15) is 0 Å². The molecule has 0 bridgehead atoms. The second-order valence-electron chi connectivity index (χ2n) is 5.20. The highest BCUT2D eigenvalue weighted by Crippen LogP contribution is 2.36. The number of hydrogen-bond acceptors (Lipinski definition) is 1. The fourth-order valence-electron chi connectivity index (χ4n) is 2.77. The van der Waals surface area contributed by atoms with E-state index in [0.29, 0.717) is 0 Å². The van der Waals surface area contributed by atoms with Crippen LogP contribution in [0.15, 0.2) is 42.5 Å². The molecule has 1 nitrogen and oxygen atoms in total. The van der Waals surface area contributed by atoms with E-state index < -0.39 is 0 Å². The van der Waals surface area contributed by atoms with Gasteiger partial charge >= 0.3 is 0 Å². The summed E-state index contributed by atoms with van der Waals surface area (Å²) in [7, 11) is 0. The summed E-state index contributed by atoms with van der Waals surface area (Å²) >= 11 is 0. The summed E-state index contributed by atoms with van der Waals surface area (Å²) in [4.78, 5) is 0. The van der Waals surface area contributed by atoms with Gasteiger partial charge in [0.2, 0.25) is 0 Å². The SMILES string of the molecule is CCC(N)Cc1ccc2c(c1)Cc1ccccc1-2.Cl. The zero-order valence-corrected chi connectivity index (χ0v) is 12.0. The van der Waals surface area contributed by atoms with E-state index in [1.165, 1.54) is 27.8 Å². The van der Waals surface area contributed by atoms with Crippen LogP contribution in [0.25, 0.3) is 11.1 Å². The largest absolute Gasteiger partial charge is 0.327 e. The lowest BCUT2D eigenvalue weighted by molar-refractivity contribution is 0.646. The van der Waals surface area contributed by atoms with Gasteiger partial charge in [0.05, 0.1) is 0 Å². The van der Waals surface area contributed by atoms with Gasteiger partial charge in [-0.1, -0.05) is 49.4 Å². The van der Waals surface area contributed by atoms with E-state index in [4.69, 9.17) is 5.73 Å². The molecule has 3 rings (SSSR count). The summed E-state index contributed by atoms with van der Waals surface area (Å²) in [6.07, 6.45) is 3.10. The number of rotatable bonds is 3. The molecule has 0 spiro atoms. The van der Waals surface area contributed by atoms with E-state index in [-0.39, 0.29) is 18.4 Å². The van der Waals surface area contributed by atoms with Crippen LogP contribution in [0.2, 0.25) is 0 Å². The van der Waals surface area contributed by atoms with Crippen molar-refractivity contribution >= 4 is 12.4 Å². The van der Waals surface area contributed by atoms with Crippen molar-refractivity contribution in [1.29, 1.82) is 0 Å². The van der Waals surface area contributed by atoms with Crippen molar-refractivity contribution in [1.82, 2.24) is 0 Å². The van der Waals surface area contributed by atoms with Crippen molar-refractivity contribution in [2.24, 2.45) is 5.73 Å². The third-order valence-corrected chi connectivity index (χ3v) is 3.88. The molecule has 100 valence electrons. The number of fused-ring (bicyclic) bond motifs is 3. The van der Waals surface area contributed by atoms with E-state index >= 15 is 0 Å². The summed E-state index contributed by atoms with van der Waals surface area (Å²) in [5, 5.41) is 0. The molecular weight excluding hydrogens is 254 g/mol.